The minimum Gasteiger partial charge on any atom is -0.396 e. The highest BCUT2D eigenvalue weighted by Crippen LogP contribution is 2.44. The fourth-order valence-electron chi connectivity index (χ4n) is 2.83. The van der Waals surface area contributed by atoms with Gasteiger partial charge in [-0.15, -0.1) is 0 Å². The third kappa shape index (κ3) is 4.16. The number of anilines is 1. The molecule has 0 saturated carbocycles. The predicted molar refractivity (Wildman–Crippen MR) is 112 cm³/mol. The van der Waals surface area contributed by atoms with Crippen molar-refractivity contribution in [2.24, 2.45) is 7.05 Å². The smallest absolute Gasteiger partial charge is 0.396 e. The van der Waals surface area contributed by atoms with Crippen LogP contribution in [0.5, 0.6) is 0 Å². The summed E-state index contributed by atoms with van der Waals surface area (Å²) in [7, 11) is -8.03. The minimum absolute atomic E-state index is 0.0154. The molecule has 0 bridgehead atoms. The zero-order chi connectivity index (χ0) is 25.0. The van der Waals surface area contributed by atoms with E-state index >= 15 is 0 Å². The molecule has 2 aromatic rings. The van der Waals surface area contributed by atoms with Gasteiger partial charge in [0.05, 0.1) is 32.9 Å². The van der Waals surface area contributed by atoms with Crippen LogP contribution < -0.4 is 17.0 Å². The van der Waals surface area contributed by atoms with E-state index in [9.17, 15) is 39.6 Å². The van der Waals surface area contributed by atoms with Crippen LogP contribution in [0.4, 0.5) is 18.9 Å². The van der Waals surface area contributed by atoms with Crippen molar-refractivity contribution < 1.29 is 30.0 Å². The van der Waals surface area contributed by atoms with Gasteiger partial charge in [0.25, 0.3) is 5.56 Å². The second kappa shape index (κ2) is 8.39. The lowest BCUT2D eigenvalue weighted by Gasteiger charge is -2.21. The van der Waals surface area contributed by atoms with Crippen LogP contribution in [0.3, 0.4) is 0 Å². The molecule has 1 heterocycles. The van der Waals surface area contributed by atoms with Crippen molar-refractivity contribution in [1.82, 2.24) is 9.13 Å². The molecule has 32 heavy (non-hydrogen) atoms. The van der Waals surface area contributed by atoms with Crippen molar-refractivity contribution in [2.75, 3.05) is 17.2 Å². The number of hydrogen-bond donors (Lipinski definition) is 1. The summed E-state index contributed by atoms with van der Waals surface area (Å²) in [5, 5.41) is -1.71. The molecule has 0 amide bonds. The first kappa shape index (κ1) is 26.2. The summed E-state index contributed by atoms with van der Waals surface area (Å²) in [6.45, 7) is 2.38. The van der Waals surface area contributed by atoms with E-state index in [-0.39, 0.29) is 15.2 Å². The molecule has 0 aliphatic heterocycles. The molecule has 2 rings (SSSR count). The average Bonchev–Trinajstić information content (AvgIpc) is 2.67. The molecule has 2 N–H and O–H groups in total. The highest BCUT2D eigenvalue weighted by atomic mass is 35.5. The van der Waals surface area contributed by atoms with Crippen LogP contribution in [0.2, 0.25) is 10.0 Å². The van der Waals surface area contributed by atoms with Crippen molar-refractivity contribution in [3.05, 3.63) is 42.6 Å². The second-order valence-corrected chi connectivity index (χ2v) is 11.6. The molecule has 178 valence electrons. The molecule has 9 nitrogen and oxygen atoms in total. The Bertz CT molecular complexity index is 1450. The van der Waals surface area contributed by atoms with E-state index in [0.717, 1.165) is 0 Å². The first-order valence-electron chi connectivity index (χ1n) is 8.60. The van der Waals surface area contributed by atoms with Gasteiger partial charge in [0.2, 0.25) is 0 Å². The van der Waals surface area contributed by atoms with Gasteiger partial charge in [-0.25, -0.2) is 26.2 Å². The quantitative estimate of drug-likeness (QED) is 0.575. The first-order valence-corrected chi connectivity index (χ1v) is 12.7. The van der Waals surface area contributed by atoms with Crippen LogP contribution in [0.1, 0.15) is 19.5 Å². The highest BCUT2D eigenvalue weighted by Gasteiger charge is 2.38. The van der Waals surface area contributed by atoms with Crippen LogP contribution in [0.15, 0.2) is 25.4 Å². The Hall–Kier alpha value is -2.03. The molecule has 0 atom stereocenters. The number of halogens is 5. The van der Waals surface area contributed by atoms with Crippen LogP contribution in [-0.4, -0.2) is 37.5 Å². The zero-order valence-electron chi connectivity index (χ0n) is 16.6. The third-order valence-electron chi connectivity index (χ3n) is 4.52. The molecule has 1 aromatic heterocycles. The van der Waals surface area contributed by atoms with Crippen LogP contribution in [-0.2, 0) is 32.9 Å². The van der Waals surface area contributed by atoms with E-state index in [2.05, 4.69) is 0 Å². The largest absolute Gasteiger partial charge is 0.431 e. The maximum atomic E-state index is 13.2. The van der Waals surface area contributed by atoms with Gasteiger partial charge in [0, 0.05) is 13.1 Å². The molecule has 0 spiro atoms. The lowest BCUT2D eigenvalue weighted by atomic mass is 10.2. The number of nitrogens with two attached hydrogens (primary N) is 1. The van der Waals surface area contributed by atoms with Crippen molar-refractivity contribution in [2.45, 2.75) is 29.8 Å². The first-order chi connectivity index (χ1) is 14.4. The van der Waals surface area contributed by atoms with E-state index in [1.54, 1.807) is 0 Å². The molecule has 0 unspecified atom stereocenters. The van der Waals surface area contributed by atoms with Crippen molar-refractivity contribution in [1.29, 1.82) is 0 Å². The molecule has 0 aliphatic carbocycles. The Morgan fingerprint density at radius 3 is 1.88 bits per heavy atom. The zero-order valence-corrected chi connectivity index (χ0v) is 19.8. The summed E-state index contributed by atoms with van der Waals surface area (Å²) in [6, 6.07) is 0.0405. The Morgan fingerprint density at radius 2 is 1.44 bits per heavy atom. The topological polar surface area (TPSA) is 138 Å². The number of rotatable bonds is 5. The van der Waals surface area contributed by atoms with E-state index in [1.807, 2.05) is 0 Å². The predicted octanol–water partition coefficient (Wildman–Crippen LogP) is 2.03. The Labute approximate surface area is 190 Å². The summed E-state index contributed by atoms with van der Waals surface area (Å²) in [5.74, 6) is -1.22. The number of hydrogen-bond acceptors (Lipinski definition) is 7. The van der Waals surface area contributed by atoms with Crippen molar-refractivity contribution in [3.8, 4) is 5.69 Å². The molecule has 1 aromatic carbocycles. The summed E-state index contributed by atoms with van der Waals surface area (Å²) >= 11 is 12.2. The number of nitrogen functional groups attached to an aromatic ring is 1. The van der Waals surface area contributed by atoms with E-state index in [4.69, 9.17) is 28.9 Å². The van der Waals surface area contributed by atoms with Crippen LogP contribution in [0, 0.1) is 0 Å². The van der Waals surface area contributed by atoms with Gasteiger partial charge in [0.15, 0.2) is 19.7 Å². The van der Waals surface area contributed by atoms with Gasteiger partial charge in [-0.2, -0.15) is 13.2 Å². The fraction of sp³-hybridized carbons (Fsp3) is 0.375. The van der Waals surface area contributed by atoms with E-state index < -0.39 is 85.5 Å². The lowest BCUT2D eigenvalue weighted by Crippen LogP contribution is -2.41. The van der Waals surface area contributed by atoms with Crippen molar-refractivity contribution >= 4 is 48.6 Å². The monoisotopic (exact) mass is 537 g/mol. The summed E-state index contributed by atoms with van der Waals surface area (Å²) in [4.78, 5) is 23.5. The average molecular weight is 538 g/mol. The third-order valence-corrected chi connectivity index (χ3v) is 9.09. The Kier molecular flexibility index (Phi) is 6.88. The summed E-state index contributed by atoms with van der Waals surface area (Å²) < 4.78 is 90.1. The molecule has 0 fully saturated rings. The number of sulfone groups is 2. The van der Waals surface area contributed by atoms with Gasteiger partial charge < -0.3 is 5.73 Å². The van der Waals surface area contributed by atoms with E-state index in [1.165, 1.54) is 13.8 Å². The van der Waals surface area contributed by atoms with E-state index in [0.29, 0.717) is 7.05 Å². The number of benzene rings is 1. The molecule has 0 aliphatic rings. The maximum absolute atomic E-state index is 13.2. The lowest BCUT2D eigenvalue weighted by molar-refractivity contribution is -0.144. The molecular formula is C16H16Cl2F3N3O6S2. The summed E-state index contributed by atoms with van der Waals surface area (Å²) in [6.07, 6.45) is -5.09. The van der Waals surface area contributed by atoms with Gasteiger partial charge in [-0.05, 0) is 0 Å². The molecule has 0 radical (unpaired) electrons. The SMILES string of the molecule is CCS(=O)(=O)c1c(Cl)c(N)c(S(=O)(=O)CC)c(-n2c(=O)cc(C(F)(F)F)n(C)c2=O)c1Cl. The normalized spacial score (nSPS) is 12.9. The Balaban J connectivity index is 3.32. The molecular weight excluding hydrogens is 522 g/mol. The second-order valence-electron chi connectivity index (χ2n) is 6.40. The summed E-state index contributed by atoms with van der Waals surface area (Å²) in [5.41, 5.74) is -0.896. The van der Waals surface area contributed by atoms with Gasteiger partial charge in [0.1, 0.15) is 15.5 Å². The van der Waals surface area contributed by atoms with Gasteiger partial charge in [-0.3, -0.25) is 9.36 Å². The number of alkyl halides is 3. The van der Waals surface area contributed by atoms with Crippen LogP contribution >= 0.6 is 23.2 Å². The maximum Gasteiger partial charge on any atom is 0.431 e. The van der Waals surface area contributed by atoms with Crippen molar-refractivity contribution in [3.63, 3.8) is 0 Å². The Morgan fingerprint density at radius 1 is 0.969 bits per heavy atom. The van der Waals surface area contributed by atoms with Gasteiger partial charge >= 0.3 is 11.9 Å². The molecule has 16 heteroatoms. The number of aromatic nitrogens is 2. The fourth-order valence-corrected chi connectivity index (χ4v) is 6.42. The standard InChI is InChI=1S/C16H16Cl2F3N3O6S2/c1-4-31(27,28)13-9(17)11(22)14(32(29,30)5-2)12(10(13)18)24-8(25)6-7(16(19,20)21)23(3)15(24)26/h6H,4-5,22H2,1-3H3. The van der Waals surface area contributed by atoms with Crippen LogP contribution in [0.25, 0.3) is 5.69 Å². The minimum atomic E-state index is -5.09. The highest BCUT2D eigenvalue weighted by molar-refractivity contribution is 7.92. The molecule has 0 saturated heterocycles. The number of nitrogens with zero attached hydrogens (tertiary/aromatic N) is 2. The van der Waals surface area contributed by atoms with Gasteiger partial charge in [-0.1, -0.05) is 37.0 Å².